The predicted octanol–water partition coefficient (Wildman–Crippen LogP) is 1.43. The van der Waals surface area contributed by atoms with Gasteiger partial charge in [0.25, 0.3) is 5.95 Å². The number of rotatable bonds is 3. The van der Waals surface area contributed by atoms with Crippen LogP contribution in [-0.4, -0.2) is 38.2 Å². The Morgan fingerprint density at radius 3 is 2.63 bits per heavy atom. The Kier molecular flexibility index (Phi) is 3.74. The second kappa shape index (κ2) is 5.47. The molecular weight excluding hydrogens is 244 g/mol. The molecule has 1 heterocycles. The van der Waals surface area contributed by atoms with E-state index in [1.807, 2.05) is 37.3 Å². The molecule has 1 aromatic heterocycles. The van der Waals surface area contributed by atoms with Crippen LogP contribution in [0.3, 0.4) is 0 Å². The van der Waals surface area contributed by atoms with E-state index < -0.39 is 0 Å². The van der Waals surface area contributed by atoms with E-state index in [4.69, 9.17) is 0 Å². The van der Waals surface area contributed by atoms with Crippen molar-refractivity contribution in [1.29, 1.82) is 0 Å². The van der Waals surface area contributed by atoms with Gasteiger partial charge in [0, 0.05) is 7.05 Å². The molecule has 0 saturated heterocycles. The first-order chi connectivity index (χ1) is 9.08. The van der Waals surface area contributed by atoms with Gasteiger partial charge >= 0.3 is 6.03 Å². The van der Waals surface area contributed by atoms with Crippen molar-refractivity contribution in [1.82, 2.24) is 25.1 Å². The average Bonchev–Trinajstić information content (AvgIpc) is 2.83. The number of hydrogen-bond donors (Lipinski definition) is 1. The number of hydrogen-bond acceptors (Lipinski definition) is 4. The summed E-state index contributed by atoms with van der Waals surface area (Å²) in [5, 5.41) is 13.9. The zero-order valence-corrected chi connectivity index (χ0v) is 11.1. The van der Waals surface area contributed by atoms with Gasteiger partial charge in [0.15, 0.2) is 0 Å². The molecular formula is C12H16N6O. The lowest BCUT2D eigenvalue weighted by molar-refractivity contribution is 0.208. The van der Waals surface area contributed by atoms with Crippen LogP contribution in [0.1, 0.15) is 18.5 Å². The van der Waals surface area contributed by atoms with Gasteiger partial charge in [-0.05, 0) is 17.7 Å². The molecule has 2 rings (SSSR count). The normalized spacial score (nSPS) is 11.9. The van der Waals surface area contributed by atoms with Crippen LogP contribution in [0.4, 0.5) is 10.7 Å². The molecule has 7 heteroatoms. The second-order valence-corrected chi connectivity index (χ2v) is 4.23. The van der Waals surface area contributed by atoms with Gasteiger partial charge in [0.2, 0.25) is 0 Å². The number of anilines is 1. The largest absolute Gasteiger partial charge is 0.324 e. The van der Waals surface area contributed by atoms with Gasteiger partial charge in [-0.15, -0.1) is 5.10 Å². The molecule has 0 radical (unpaired) electrons. The van der Waals surface area contributed by atoms with E-state index in [0.717, 1.165) is 5.56 Å². The Labute approximate surface area is 111 Å². The maximum Gasteiger partial charge on any atom is 0.324 e. The van der Waals surface area contributed by atoms with Gasteiger partial charge in [-0.1, -0.05) is 35.4 Å². The lowest BCUT2D eigenvalue weighted by Gasteiger charge is -2.24. The van der Waals surface area contributed by atoms with Crippen LogP contribution in [0.15, 0.2) is 30.3 Å². The summed E-state index contributed by atoms with van der Waals surface area (Å²) in [4.78, 5) is 14.9. The van der Waals surface area contributed by atoms with Crippen LogP contribution in [-0.2, 0) is 7.05 Å². The monoisotopic (exact) mass is 260 g/mol. The number of benzene rings is 1. The second-order valence-electron chi connectivity index (χ2n) is 4.23. The molecule has 1 unspecified atom stereocenters. The van der Waals surface area contributed by atoms with E-state index in [-0.39, 0.29) is 18.0 Å². The van der Waals surface area contributed by atoms with Gasteiger partial charge in [-0.2, -0.15) is 4.80 Å². The fourth-order valence-electron chi connectivity index (χ4n) is 1.65. The lowest BCUT2D eigenvalue weighted by Crippen LogP contribution is -2.34. The predicted molar refractivity (Wildman–Crippen MR) is 70.4 cm³/mol. The van der Waals surface area contributed by atoms with E-state index in [1.165, 1.54) is 4.80 Å². The minimum absolute atomic E-state index is 0.0436. The number of aromatic nitrogens is 4. The summed E-state index contributed by atoms with van der Waals surface area (Å²) in [5.41, 5.74) is 1.06. The summed E-state index contributed by atoms with van der Waals surface area (Å²) in [6.07, 6.45) is 0. The van der Waals surface area contributed by atoms with Crippen LogP contribution in [0, 0.1) is 0 Å². The number of nitrogens with one attached hydrogen (secondary N) is 1. The lowest BCUT2D eigenvalue weighted by atomic mass is 10.1. The zero-order valence-electron chi connectivity index (χ0n) is 11.1. The molecule has 1 aromatic carbocycles. The molecule has 1 atom stereocenters. The highest BCUT2D eigenvalue weighted by Gasteiger charge is 2.18. The first kappa shape index (κ1) is 13.0. The number of carbonyl (C=O) groups is 1. The van der Waals surface area contributed by atoms with E-state index >= 15 is 0 Å². The third-order valence-electron chi connectivity index (χ3n) is 2.91. The number of aryl methyl sites for hydroxylation is 1. The third-order valence-corrected chi connectivity index (χ3v) is 2.91. The minimum Gasteiger partial charge on any atom is -0.321 e. The number of amides is 2. The Bertz CT molecular complexity index is 552. The van der Waals surface area contributed by atoms with Crippen LogP contribution in [0.25, 0.3) is 0 Å². The number of urea groups is 1. The molecule has 0 spiro atoms. The molecule has 0 aliphatic carbocycles. The first-order valence-electron chi connectivity index (χ1n) is 5.90. The fraction of sp³-hybridized carbons (Fsp3) is 0.333. The minimum atomic E-state index is -0.274. The van der Waals surface area contributed by atoms with Crippen LogP contribution in [0.2, 0.25) is 0 Å². The van der Waals surface area contributed by atoms with Crippen LogP contribution >= 0.6 is 0 Å². The SMILES string of the molecule is CC(c1ccccc1)N(C)C(=O)Nc1nnn(C)n1. The Hall–Kier alpha value is -2.44. The van der Waals surface area contributed by atoms with Gasteiger partial charge in [-0.3, -0.25) is 5.32 Å². The quantitative estimate of drug-likeness (QED) is 0.905. The van der Waals surface area contributed by atoms with Crippen molar-refractivity contribution in [2.24, 2.45) is 7.05 Å². The van der Waals surface area contributed by atoms with E-state index in [1.54, 1.807) is 19.0 Å². The highest BCUT2D eigenvalue weighted by atomic mass is 16.2. The molecule has 0 fully saturated rings. The summed E-state index contributed by atoms with van der Waals surface area (Å²) in [6.45, 7) is 1.96. The van der Waals surface area contributed by atoms with Crippen molar-refractivity contribution in [2.45, 2.75) is 13.0 Å². The van der Waals surface area contributed by atoms with Crippen molar-refractivity contribution in [3.63, 3.8) is 0 Å². The van der Waals surface area contributed by atoms with Crippen LogP contribution < -0.4 is 5.32 Å². The number of carbonyl (C=O) groups excluding carboxylic acids is 1. The summed E-state index contributed by atoms with van der Waals surface area (Å²) in [6, 6.07) is 9.48. The molecule has 19 heavy (non-hydrogen) atoms. The fourth-order valence-corrected chi connectivity index (χ4v) is 1.65. The molecule has 0 aliphatic heterocycles. The Morgan fingerprint density at radius 1 is 1.37 bits per heavy atom. The standard InChI is InChI=1S/C12H16N6O/c1-9(10-7-5-4-6-8-10)17(2)12(19)13-11-14-16-18(3)15-11/h4-9H,1-3H3,(H,13,15,19). The summed E-state index contributed by atoms with van der Waals surface area (Å²) >= 11 is 0. The molecule has 2 aromatic rings. The molecule has 7 nitrogen and oxygen atoms in total. The van der Waals surface area contributed by atoms with Gasteiger partial charge in [-0.25, -0.2) is 4.79 Å². The van der Waals surface area contributed by atoms with E-state index in [0.29, 0.717) is 0 Å². The van der Waals surface area contributed by atoms with Crippen molar-refractivity contribution in [2.75, 3.05) is 12.4 Å². The van der Waals surface area contributed by atoms with E-state index in [2.05, 4.69) is 20.7 Å². The molecule has 100 valence electrons. The molecule has 0 aliphatic rings. The van der Waals surface area contributed by atoms with Crippen molar-refractivity contribution < 1.29 is 4.79 Å². The van der Waals surface area contributed by atoms with Crippen molar-refractivity contribution in [3.8, 4) is 0 Å². The molecule has 1 N–H and O–H groups in total. The maximum atomic E-state index is 12.0. The summed E-state index contributed by atoms with van der Waals surface area (Å²) in [7, 11) is 3.36. The smallest absolute Gasteiger partial charge is 0.321 e. The highest BCUT2D eigenvalue weighted by molar-refractivity contribution is 5.87. The highest BCUT2D eigenvalue weighted by Crippen LogP contribution is 2.18. The van der Waals surface area contributed by atoms with Crippen molar-refractivity contribution in [3.05, 3.63) is 35.9 Å². The summed E-state index contributed by atoms with van der Waals surface area (Å²) < 4.78 is 0. The number of tetrazole rings is 1. The number of nitrogens with zero attached hydrogens (tertiary/aromatic N) is 5. The molecule has 2 amide bonds. The third kappa shape index (κ3) is 3.06. The van der Waals surface area contributed by atoms with Gasteiger partial charge in [0.05, 0.1) is 13.1 Å². The maximum absolute atomic E-state index is 12.0. The Morgan fingerprint density at radius 2 is 2.05 bits per heavy atom. The molecule has 0 bridgehead atoms. The first-order valence-corrected chi connectivity index (χ1v) is 5.90. The molecule has 0 saturated carbocycles. The summed E-state index contributed by atoms with van der Waals surface area (Å²) in [5.74, 6) is 0.194. The van der Waals surface area contributed by atoms with Gasteiger partial charge < -0.3 is 4.90 Å². The zero-order chi connectivity index (χ0) is 13.8. The van der Waals surface area contributed by atoms with Gasteiger partial charge in [0.1, 0.15) is 0 Å². The van der Waals surface area contributed by atoms with Crippen LogP contribution in [0.5, 0.6) is 0 Å². The Balaban J connectivity index is 2.03. The van der Waals surface area contributed by atoms with E-state index in [9.17, 15) is 4.79 Å². The van der Waals surface area contributed by atoms with Crippen molar-refractivity contribution >= 4 is 12.0 Å². The topological polar surface area (TPSA) is 75.9 Å². The average molecular weight is 260 g/mol.